The highest BCUT2D eigenvalue weighted by Crippen LogP contribution is 2.37. The van der Waals surface area contributed by atoms with Gasteiger partial charge in [0.2, 0.25) is 0 Å². The van der Waals surface area contributed by atoms with Gasteiger partial charge < -0.3 is 0 Å². The second-order valence-corrected chi connectivity index (χ2v) is 6.25. The fourth-order valence-corrected chi connectivity index (χ4v) is 3.68. The number of aryl methyl sites for hydroxylation is 2. The van der Waals surface area contributed by atoms with Crippen molar-refractivity contribution in [3.63, 3.8) is 0 Å². The molecule has 18 heavy (non-hydrogen) atoms. The standard InChI is InChI=1S/C17H18S/c1-10(2)13-6-8-14-15-7-5-11(3)12(4)17(15)18-16(14)9-13/h5-10H,1-4H3/i10D. The number of rotatable bonds is 1. The Kier molecular flexibility index (Phi) is 2.41. The Morgan fingerprint density at radius 3 is 2.50 bits per heavy atom. The quantitative estimate of drug-likeness (QED) is 0.516. The summed E-state index contributed by atoms with van der Waals surface area (Å²) in [5, 5.41) is 2.66. The Morgan fingerprint density at radius 1 is 1.06 bits per heavy atom. The minimum absolute atomic E-state index is 0.532. The van der Waals surface area contributed by atoms with Gasteiger partial charge in [0.15, 0.2) is 0 Å². The van der Waals surface area contributed by atoms with Gasteiger partial charge in [0.05, 0.1) is 0 Å². The summed E-state index contributed by atoms with van der Waals surface area (Å²) in [4.78, 5) is 0. The number of thiophene rings is 1. The van der Waals surface area contributed by atoms with Crippen molar-refractivity contribution < 1.29 is 1.37 Å². The largest absolute Gasteiger partial charge is 0.135 e. The lowest BCUT2D eigenvalue weighted by molar-refractivity contribution is 0.869. The van der Waals surface area contributed by atoms with Crippen molar-refractivity contribution in [2.75, 3.05) is 0 Å². The fraction of sp³-hybridized carbons (Fsp3) is 0.294. The maximum atomic E-state index is 8.16. The van der Waals surface area contributed by atoms with E-state index in [4.69, 9.17) is 1.37 Å². The minimum Gasteiger partial charge on any atom is -0.135 e. The molecule has 0 aliphatic carbocycles. The van der Waals surface area contributed by atoms with Crippen molar-refractivity contribution in [2.24, 2.45) is 0 Å². The zero-order valence-electron chi connectivity index (χ0n) is 12.3. The molecular weight excluding hydrogens is 236 g/mol. The van der Waals surface area contributed by atoms with Crippen LogP contribution in [-0.4, -0.2) is 0 Å². The number of benzene rings is 2. The van der Waals surface area contributed by atoms with Crippen molar-refractivity contribution in [1.82, 2.24) is 0 Å². The van der Waals surface area contributed by atoms with Gasteiger partial charge in [-0.1, -0.05) is 38.1 Å². The van der Waals surface area contributed by atoms with E-state index in [0.717, 1.165) is 5.56 Å². The fourth-order valence-electron chi connectivity index (χ4n) is 2.38. The van der Waals surface area contributed by atoms with Crippen LogP contribution in [0.3, 0.4) is 0 Å². The SMILES string of the molecule is [2H]C(C)(C)c1ccc2c(c1)sc1c(C)c(C)ccc12. The van der Waals surface area contributed by atoms with E-state index in [-0.39, 0.29) is 0 Å². The molecule has 92 valence electrons. The number of fused-ring (bicyclic) bond motifs is 3. The van der Waals surface area contributed by atoms with Gasteiger partial charge in [0.25, 0.3) is 0 Å². The molecule has 3 aromatic rings. The Morgan fingerprint density at radius 2 is 1.78 bits per heavy atom. The molecule has 0 unspecified atom stereocenters. The van der Waals surface area contributed by atoms with Crippen LogP contribution in [0.1, 0.15) is 37.8 Å². The monoisotopic (exact) mass is 255 g/mol. The average Bonchev–Trinajstić information content (AvgIpc) is 2.71. The van der Waals surface area contributed by atoms with Gasteiger partial charge in [0, 0.05) is 21.5 Å². The van der Waals surface area contributed by atoms with Gasteiger partial charge in [0.1, 0.15) is 0 Å². The summed E-state index contributed by atoms with van der Waals surface area (Å²) in [5.74, 6) is -0.532. The highest BCUT2D eigenvalue weighted by atomic mass is 32.1. The molecule has 0 amide bonds. The Hall–Kier alpha value is -1.34. The highest BCUT2D eigenvalue weighted by molar-refractivity contribution is 7.26. The predicted octanol–water partition coefficient (Wildman–Crippen LogP) is 5.79. The first-order valence-electron chi connectivity index (χ1n) is 6.81. The van der Waals surface area contributed by atoms with E-state index in [9.17, 15) is 0 Å². The first-order chi connectivity index (χ1) is 8.88. The zero-order valence-corrected chi connectivity index (χ0v) is 12.1. The summed E-state index contributed by atoms with van der Waals surface area (Å²) < 4.78 is 10.8. The van der Waals surface area contributed by atoms with E-state index >= 15 is 0 Å². The summed E-state index contributed by atoms with van der Waals surface area (Å²) in [7, 11) is 0. The molecule has 1 aromatic heterocycles. The number of hydrogen-bond donors (Lipinski definition) is 0. The summed E-state index contributed by atoms with van der Waals surface area (Å²) in [6, 6.07) is 10.9. The number of hydrogen-bond acceptors (Lipinski definition) is 1. The molecule has 0 spiro atoms. The molecule has 0 bridgehead atoms. The molecule has 0 nitrogen and oxygen atoms in total. The molecule has 1 heteroatoms. The van der Waals surface area contributed by atoms with Crippen molar-refractivity contribution in [1.29, 1.82) is 0 Å². The first kappa shape index (κ1) is 10.6. The van der Waals surface area contributed by atoms with Crippen LogP contribution < -0.4 is 0 Å². The third-order valence-corrected chi connectivity index (χ3v) is 5.03. The lowest BCUT2D eigenvalue weighted by Gasteiger charge is -2.04. The molecule has 1 heterocycles. The summed E-state index contributed by atoms with van der Waals surface area (Å²) in [5.41, 5.74) is 3.81. The highest BCUT2D eigenvalue weighted by Gasteiger charge is 2.09. The maximum absolute atomic E-state index is 8.16. The van der Waals surface area contributed by atoms with Crippen LogP contribution in [-0.2, 0) is 0 Å². The molecule has 0 fully saturated rings. The Balaban J connectivity index is 2.37. The van der Waals surface area contributed by atoms with Gasteiger partial charge >= 0.3 is 0 Å². The average molecular weight is 255 g/mol. The van der Waals surface area contributed by atoms with Gasteiger partial charge in [-0.3, -0.25) is 0 Å². The van der Waals surface area contributed by atoms with Gasteiger partial charge in [-0.05, 0) is 42.5 Å². The van der Waals surface area contributed by atoms with Crippen molar-refractivity contribution >= 4 is 31.5 Å². The third-order valence-electron chi connectivity index (χ3n) is 3.74. The lowest BCUT2D eigenvalue weighted by Crippen LogP contribution is -1.84. The smallest absolute Gasteiger partial charge is 0.0387 e. The van der Waals surface area contributed by atoms with E-state index in [2.05, 4.69) is 44.2 Å². The lowest BCUT2D eigenvalue weighted by atomic mass is 10.0. The van der Waals surface area contributed by atoms with Gasteiger partial charge in [-0.15, -0.1) is 11.3 Å². The molecule has 0 aliphatic rings. The minimum atomic E-state index is -0.532. The van der Waals surface area contributed by atoms with Crippen LogP contribution in [0.15, 0.2) is 30.3 Å². The Bertz CT molecular complexity index is 775. The van der Waals surface area contributed by atoms with E-state index in [1.165, 1.54) is 31.3 Å². The normalized spacial score (nSPS) is 13.2. The van der Waals surface area contributed by atoms with E-state index in [1.807, 2.05) is 25.2 Å². The van der Waals surface area contributed by atoms with Crippen LogP contribution in [0.5, 0.6) is 0 Å². The topological polar surface area (TPSA) is 0 Å². The van der Waals surface area contributed by atoms with Crippen molar-refractivity contribution in [2.45, 2.75) is 33.6 Å². The molecule has 0 aliphatic heterocycles. The first-order valence-corrected chi connectivity index (χ1v) is 7.12. The predicted molar refractivity (Wildman–Crippen MR) is 82.9 cm³/mol. The van der Waals surface area contributed by atoms with Crippen LogP contribution in [0.2, 0.25) is 0 Å². The summed E-state index contributed by atoms with van der Waals surface area (Å²) in [6.45, 7) is 8.24. The van der Waals surface area contributed by atoms with Crippen molar-refractivity contribution in [3.05, 3.63) is 47.0 Å². The molecule has 0 radical (unpaired) electrons. The van der Waals surface area contributed by atoms with E-state index < -0.39 is 5.89 Å². The van der Waals surface area contributed by atoms with Gasteiger partial charge in [-0.25, -0.2) is 0 Å². The van der Waals surface area contributed by atoms with Crippen LogP contribution in [0, 0.1) is 13.8 Å². The zero-order chi connectivity index (χ0) is 13.8. The molecule has 3 rings (SSSR count). The van der Waals surface area contributed by atoms with Crippen LogP contribution in [0.4, 0.5) is 0 Å². The second-order valence-electron chi connectivity index (χ2n) is 5.20. The van der Waals surface area contributed by atoms with Gasteiger partial charge in [-0.2, -0.15) is 0 Å². The third kappa shape index (κ3) is 1.65. The van der Waals surface area contributed by atoms with Crippen molar-refractivity contribution in [3.8, 4) is 0 Å². The maximum Gasteiger partial charge on any atom is 0.0387 e. The molecule has 0 atom stereocenters. The molecular formula is C17H18S. The molecule has 0 saturated carbocycles. The summed E-state index contributed by atoms with van der Waals surface area (Å²) in [6.07, 6.45) is 0. The van der Waals surface area contributed by atoms with E-state index in [0.29, 0.717) is 0 Å². The van der Waals surface area contributed by atoms with Crippen LogP contribution in [0.25, 0.3) is 20.2 Å². The van der Waals surface area contributed by atoms with E-state index in [1.54, 1.807) is 0 Å². The second kappa shape index (κ2) is 4.10. The van der Waals surface area contributed by atoms with Crippen LogP contribution >= 0.6 is 11.3 Å². The molecule has 0 saturated heterocycles. The Labute approximate surface area is 114 Å². The molecule has 2 aromatic carbocycles. The molecule has 0 N–H and O–H groups in total. The summed E-state index contributed by atoms with van der Waals surface area (Å²) >= 11 is 1.85.